The van der Waals surface area contributed by atoms with E-state index < -0.39 is 0 Å². The fourth-order valence-electron chi connectivity index (χ4n) is 3.26. The number of hydrogen-bond acceptors (Lipinski definition) is 3. The van der Waals surface area contributed by atoms with E-state index in [2.05, 4.69) is 34.5 Å². The summed E-state index contributed by atoms with van der Waals surface area (Å²) in [5.41, 5.74) is 1.29. The Balaban J connectivity index is 1.60. The quantitative estimate of drug-likeness (QED) is 0.895. The number of carbonyl (C=O) groups excluding carboxylic acids is 1. The third-order valence-corrected chi connectivity index (χ3v) is 4.77. The summed E-state index contributed by atoms with van der Waals surface area (Å²) >= 11 is 0. The van der Waals surface area contributed by atoms with Crippen LogP contribution in [0.1, 0.15) is 24.8 Å². The van der Waals surface area contributed by atoms with Gasteiger partial charge in [-0.2, -0.15) is 0 Å². The van der Waals surface area contributed by atoms with Gasteiger partial charge >= 0.3 is 0 Å². The van der Waals surface area contributed by atoms with Crippen molar-refractivity contribution < 1.29 is 9.53 Å². The van der Waals surface area contributed by atoms with Crippen LogP contribution in [0.2, 0.25) is 0 Å². The van der Waals surface area contributed by atoms with E-state index in [4.69, 9.17) is 4.74 Å². The van der Waals surface area contributed by atoms with E-state index in [1.807, 2.05) is 13.1 Å². The molecule has 0 unspecified atom stereocenters. The second-order valence-electron chi connectivity index (χ2n) is 6.48. The number of rotatable bonds is 5. The second-order valence-corrected chi connectivity index (χ2v) is 6.48. The molecule has 0 aromatic heterocycles. The number of likely N-dealkylation sites (N-methyl/N-ethyl adjacent to an activating group) is 1. The van der Waals surface area contributed by atoms with Gasteiger partial charge in [-0.25, -0.2) is 0 Å². The first-order valence-electron chi connectivity index (χ1n) is 7.71. The number of carbonyl (C=O) groups is 1. The number of amides is 1. The van der Waals surface area contributed by atoms with Crippen LogP contribution in [0.25, 0.3) is 0 Å². The number of nitrogens with zero attached hydrogens (tertiary/aromatic N) is 1. The van der Waals surface area contributed by atoms with E-state index >= 15 is 0 Å². The van der Waals surface area contributed by atoms with Crippen LogP contribution in [0.4, 0.5) is 0 Å². The smallest absolute Gasteiger partial charge is 0.237 e. The molecule has 4 heteroatoms. The van der Waals surface area contributed by atoms with E-state index in [0.717, 1.165) is 32.2 Å². The zero-order valence-electron chi connectivity index (χ0n) is 12.8. The molecule has 1 amide bonds. The van der Waals surface area contributed by atoms with E-state index in [0.29, 0.717) is 0 Å². The van der Waals surface area contributed by atoms with Crippen molar-refractivity contribution in [2.45, 2.75) is 43.4 Å². The van der Waals surface area contributed by atoms with Crippen LogP contribution >= 0.6 is 0 Å². The average molecular weight is 288 g/mol. The lowest BCUT2D eigenvalue weighted by atomic mass is 10.0. The number of ether oxygens (including phenoxy) is 1. The minimum atomic E-state index is -0.0526. The summed E-state index contributed by atoms with van der Waals surface area (Å²) in [6.07, 6.45) is 4.06. The Morgan fingerprint density at radius 1 is 1.38 bits per heavy atom. The van der Waals surface area contributed by atoms with Crippen molar-refractivity contribution in [1.29, 1.82) is 0 Å². The van der Waals surface area contributed by atoms with Crippen molar-refractivity contribution >= 4 is 5.91 Å². The van der Waals surface area contributed by atoms with Gasteiger partial charge in [0.25, 0.3) is 0 Å². The van der Waals surface area contributed by atoms with Gasteiger partial charge in [-0.15, -0.1) is 0 Å². The molecule has 4 nitrogen and oxygen atoms in total. The number of nitrogens with one attached hydrogen (secondary N) is 1. The first-order chi connectivity index (χ1) is 10.1. The third kappa shape index (κ3) is 3.27. The summed E-state index contributed by atoms with van der Waals surface area (Å²) in [5, 5.41) is 3.30. The van der Waals surface area contributed by atoms with E-state index in [9.17, 15) is 4.79 Å². The minimum absolute atomic E-state index is 0.00949. The molecule has 1 N–H and O–H groups in total. The lowest BCUT2D eigenvalue weighted by Crippen LogP contribution is -2.47. The van der Waals surface area contributed by atoms with Gasteiger partial charge in [0.15, 0.2) is 0 Å². The molecule has 0 bridgehead atoms. The van der Waals surface area contributed by atoms with Crippen LogP contribution in [0.3, 0.4) is 0 Å². The summed E-state index contributed by atoms with van der Waals surface area (Å²) in [6, 6.07) is 10.4. The van der Waals surface area contributed by atoms with Crippen LogP contribution in [0.15, 0.2) is 30.3 Å². The zero-order chi connectivity index (χ0) is 14.9. The molecule has 114 valence electrons. The molecule has 0 spiro atoms. The van der Waals surface area contributed by atoms with Crippen LogP contribution in [-0.4, -0.2) is 49.2 Å². The first kappa shape index (κ1) is 14.5. The molecule has 21 heavy (non-hydrogen) atoms. The van der Waals surface area contributed by atoms with Crippen molar-refractivity contribution in [3.63, 3.8) is 0 Å². The summed E-state index contributed by atoms with van der Waals surface area (Å²) in [6.45, 7) is 0.834. The first-order valence-corrected chi connectivity index (χ1v) is 7.71. The number of benzene rings is 1. The van der Waals surface area contributed by atoms with Gasteiger partial charge in [0.05, 0.1) is 12.1 Å². The van der Waals surface area contributed by atoms with Crippen molar-refractivity contribution in [2.75, 3.05) is 20.7 Å². The van der Waals surface area contributed by atoms with Gasteiger partial charge in [-0.05, 0) is 38.3 Å². The summed E-state index contributed by atoms with van der Waals surface area (Å²) < 4.78 is 5.38. The van der Waals surface area contributed by atoms with Crippen LogP contribution in [0, 0.1) is 0 Å². The van der Waals surface area contributed by atoms with E-state index in [-0.39, 0.29) is 23.6 Å². The fourth-order valence-corrected chi connectivity index (χ4v) is 3.26. The Kier molecular flexibility index (Phi) is 4.00. The standard InChI is InChI=1S/C17H24N2O2/c1-19-12-14(21-2)10-15(19)16(20)18-17(8-9-17)11-13-6-4-3-5-7-13/h3-7,14-15H,8-12H2,1-2H3,(H,18,20)/t14-,15-/m0/s1. The molecule has 2 fully saturated rings. The molecule has 1 saturated heterocycles. The molecule has 2 atom stereocenters. The Labute approximate surface area is 126 Å². The number of hydrogen-bond donors (Lipinski definition) is 1. The van der Waals surface area contributed by atoms with Crippen molar-refractivity contribution in [1.82, 2.24) is 10.2 Å². The van der Waals surface area contributed by atoms with Gasteiger partial charge in [0.2, 0.25) is 5.91 Å². The molecule has 3 rings (SSSR count). The van der Waals surface area contributed by atoms with Gasteiger partial charge in [0.1, 0.15) is 0 Å². The van der Waals surface area contributed by atoms with Crippen molar-refractivity contribution in [2.24, 2.45) is 0 Å². The maximum Gasteiger partial charge on any atom is 0.237 e. The Hall–Kier alpha value is -1.39. The van der Waals surface area contributed by atoms with Gasteiger partial charge in [-0.1, -0.05) is 30.3 Å². The molecule has 1 heterocycles. The lowest BCUT2D eigenvalue weighted by molar-refractivity contribution is -0.126. The maximum atomic E-state index is 12.6. The Morgan fingerprint density at radius 2 is 2.10 bits per heavy atom. The molecule has 1 aliphatic carbocycles. The van der Waals surface area contributed by atoms with Crippen molar-refractivity contribution in [3.05, 3.63) is 35.9 Å². The normalized spacial score (nSPS) is 27.5. The molecule has 1 aromatic carbocycles. The van der Waals surface area contributed by atoms with E-state index in [1.165, 1.54) is 5.56 Å². The predicted molar refractivity (Wildman–Crippen MR) is 82.1 cm³/mol. The highest BCUT2D eigenvalue weighted by Crippen LogP contribution is 2.39. The topological polar surface area (TPSA) is 41.6 Å². The monoisotopic (exact) mass is 288 g/mol. The highest BCUT2D eigenvalue weighted by Gasteiger charge is 2.46. The summed E-state index contributed by atoms with van der Waals surface area (Å²) in [4.78, 5) is 14.7. The molecule has 0 radical (unpaired) electrons. The Bertz CT molecular complexity index is 499. The number of methoxy groups -OCH3 is 1. The molecular formula is C17H24N2O2. The Morgan fingerprint density at radius 3 is 2.67 bits per heavy atom. The summed E-state index contributed by atoms with van der Waals surface area (Å²) in [7, 11) is 3.72. The van der Waals surface area contributed by atoms with Crippen LogP contribution in [-0.2, 0) is 16.0 Å². The van der Waals surface area contributed by atoms with Crippen molar-refractivity contribution in [3.8, 4) is 0 Å². The highest BCUT2D eigenvalue weighted by atomic mass is 16.5. The second kappa shape index (κ2) is 5.78. The predicted octanol–water partition coefficient (Wildman–Crippen LogP) is 1.60. The minimum Gasteiger partial charge on any atom is -0.380 e. The molecule has 1 aromatic rings. The van der Waals surface area contributed by atoms with Crippen LogP contribution in [0.5, 0.6) is 0 Å². The maximum absolute atomic E-state index is 12.6. The largest absolute Gasteiger partial charge is 0.380 e. The molecule has 1 saturated carbocycles. The zero-order valence-corrected chi connectivity index (χ0v) is 12.8. The van der Waals surface area contributed by atoms with Crippen LogP contribution < -0.4 is 5.32 Å². The van der Waals surface area contributed by atoms with Gasteiger partial charge in [0, 0.05) is 19.2 Å². The molecular weight excluding hydrogens is 264 g/mol. The fraction of sp³-hybridized carbons (Fsp3) is 0.588. The average Bonchev–Trinajstić information content (AvgIpc) is 3.11. The summed E-state index contributed by atoms with van der Waals surface area (Å²) in [5.74, 6) is 0.158. The number of likely N-dealkylation sites (tertiary alicyclic amines) is 1. The molecule has 2 aliphatic rings. The van der Waals surface area contributed by atoms with Gasteiger partial charge in [-0.3, -0.25) is 9.69 Å². The van der Waals surface area contributed by atoms with Gasteiger partial charge < -0.3 is 10.1 Å². The SMILES string of the molecule is CO[C@H]1C[C@@H](C(=O)NC2(Cc3ccccc3)CC2)N(C)C1. The molecule has 1 aliphatic heterocycles. The third-order valence-electron chi connectivity index (χ3n) is 4.77. The lowest BCUT2D eigenvalue weighted by Gasteiger charge is -2.23. The highest BCUT2D eigenvalue weighted by molar-refractivity contribution is 5.83. The van der Waals surface area contributed by atoms with E-state index in [1.54, 1.807) is 7.11 Å².